The maximum absolute atomic E-state index is 12.3. The Labute approximate surface area is 150 Å². The van der Waals surface area contributed by atoms with E-state index in [9.17, 15) is 4.79 Å². The summed E-state index contributed by atoms with van der Waals surface area (Å²) in [6.07, 6.45) is 8.29. The molecule has 0 spiro atoms. The van der Waals surface area contributed by atoms with Crippen LogP contribution < -0.4 is 10.6 Å². The number of nitrogens with one attached hydrogen (secondary N) is 2. The summed E-state index contributed by atoms with van der Waals surface area (Å²) in [6.45, 7) is 2.13. The van der Waals surface area contributed by atoms with Crippen molar-refractivity contribution in [3.63, 3.8) is 0 Å². The van der Waals surface area contributed by atoms with Crippen molar-refractivity contribution in [3.05, 3.63) is 42.1 Å². The highest BCUT2D eigenvalue weighted by atomic mass is 16.2. The van der Waals surface area contributed by atoms with Crippen LogP contribution in [0.4, 0.5) is 0 Å². The number of amides is 1. The molecular weight excluding hydrogens is 332 g/mol. The minimum atomic E-state index is -0.264. The lowest BCUT2D eigenvalue weighted by Crippen LogP contribution is -2.34. The number of rotatable bonds is 6. The zero-order chi connectivity index (χ0) is 17.8. The maximum Gasteiger partial charge on any atom is 0.273 e. The number of nitrogens with zero attached hydrogens (tertiary/aromatic N) is 6. The number of piperidine rings is 1. The molecule has 3 aromatic rings. The normalized spacial score (nSPS) is 17.5. The Balaban J connectivity index is 1.31. The zero-order valence-corrected chi connectivity index (χ0v) is 14.5. The van der Waals surface area contributed by atoms with E-state index in [1.807, 2.05) is 28.8 Å². The summed E-state index contributed by atoms with van der Waals surface area (Å²) in [5, 5.41) is 22.5. The van der Waals surface area contributed by atoms with Gasteiger partial charge < -0.3 is 10.6 Å². The summed E-state index contributed by atoms with van der Waals surface area (Å²) in [5.74, 6) is 0.407. The van der Waals surface area contributed by atoms with E-state index in [0.29, 0.717) is 17.6 Å². The molecule has 9 nitrogen and oxygen atoms in total. The largest absolute Gasteiger partial charge is 0.343 e. The zero-order valence-electron chi connectivity index (χ0n) is 14.5. The van der Waals surface area contributed by atoms with Gasteiger partial charge in [-0.15, -0.1) is 15.3 Å². The summed E-state index contributed by atoms with van der Waals surface area (Å²) in [5.41, 5.74) is 1.06. The van der Waals surface area contributed by atoms with Crippen molar-refractivity contribution in [2.75, 3.05) is 6.54 Å². The Morgan fingerprint density at radius 3 is 3.12 bits per heavy atom. The van der Waals surface area contributed by atoms with Gasteiger partial charge in [0.05, 0.1) is 12.7 Å². The summed E-state index contributed by atoms with van der Waals surface area (Å²) < 4.78 is 3.58. The molecule has 2 N–H and O–H groups in total. The van der Waals surface area contributed by atoms with Crippen molar-refractivity contribution >= 4 is 11.6 Å². The molecule has 26 heavy (non-hydrogen) atoms. The van der Waals surface area contributed by atoms with E-state index in [4.69, 9.17) is 0 Å². The van der Waals surface area contributed by atoms with Crippen LogP contribution in [0.3, 0.4) is 0 Å². The molecule has 0 radical (unpaired) electrons. The van der Waals surface area contributed by atoms with E-state index < -0.39 is 0 Å². The molecule has 0 bridgehead atoms. The van der Waals surface area contributed by atoms with Gasteiger partial charge in [0.1, 0.15) is 0 Å². The fourth-order valence-electron chi connectivity index (χ4n) is 3.23. The Morgan fingerprint density at radius 1 is 1.27 bits per heavy atom. The van der Waals surface area contributed by atoms with E-state index in [0.717, 1.165) is 25.2 Å². The Kier molecular flexibility index (Phi) is 4.87. The van der Waals surface area contributed by atoms with Gasteiger partial charge in [0.15, 0.2) is 17.2 Å². The average molecular weight is 354 g/mol. The van der Waals surface area contributed by atoms with Gasteiger partial charge in [-0.3, -0.25) is 13.9 Å². The quantitative estimate of drug-likeness (QED) is 0.678. The van der Waals surface area contributed by atoms with Crippen molar-refractivity contribution in [1.29, 1.82) is 0 Å². The predicted octanol–water partition coefficient (Wildman–Crippen LogP) is 0.783. The molecule has 1 atom stereocenters. The number of fused-ring (bicyclic) bond motifs is 1. The molecule has 0 saturated carbocycles. The summed E-state index contributed by atoms with van der Waals surface area (Å²) in [4.78, 5) is 12.3. The van der Waals surface area contributed by atoms with Crippen LogP contribution in [0.15, 0.2) is 30.6 Å². The number of carbonyl (C=O) groups is 1. The fraction of sp³-hybridized carbons (Fsp3) is 0.471. The van der Waals surface area contributed by atoms with Gasteiger partial charge in [-0.05, 0) is 37.9 Å². The van der Waals surface area contributed by atoms with Crippen molar-refractivity contribution in [3.8, 4) is 0 Å². The molecule has 4 heterocycles. The van der Waals surface area contributed by atoms with Crippen LogP contribution in [0.25, 0.3) is 5.65 Å². The van der Waals surface area contributed by atoms with Crippen LogP contribution in [0.5, 0.6) is 0 Å². The van der Waals surface area contributed by atoms with Gasteiger partial charge in [-0.25, -0.2) is 0 Å². The number of carbonyl (C=O) groups excluding carboxylic acids is 1. The fourth-order valence-corrected chi connectivity index (χ4v) is 3.23. The molecule has 9 heteroatoms. The monoisotopic (exact) mass is 354 g/mol. The minimum absolute atomic E-state index is 0.264. The smallest absolute Gasteiger partial charge is 0.273 e. The first kappa shape index (κ1) is 16.6. The van der Waals surface area contributed by atoms with Crippen LogP contribution >= 0.6 is 0 Å². The van der Waals surface area contributed by atoms with Gasteiger partial charge >= 0.3 is 0 Å². The second-order valence-electron chi connectivity index (χ2n) is 6.53. The van der Waals surface area contributed by atoms with Crippen LogP contribution in [0.1, 0.15) is 42.0 Å². The Bertz CT molecular complexity index is 880. The second kappa shape index (κ2) is 7.61. The van der Waals surface area contributed by atoms with Crippen LogP contribution in [-0.2, 0) is 13.1 Å². The van der Waals surface area contributed by atoms with Crippen molar-refractivity contribution in [2.24, 2.45) is 0 Å². The molecule has 0 unspecified atom stereocenters. The molecule has 1 saturated heterocycles. The lowest BCUT2D eigenvalue weighted by molar-refractivity contribution is 0.0944. The average Bonchev–Trinajstić information content (AvgIpc) is 3.32. The lowest BCUT2D eigenvalue weighted by Gasteiger charge is -2.23. The van der Waals surface area contributed by atoms with Crippen LogP contribution in [0, 0.1) is 0 Å². The van der Waals surface area contributed by atoms with Gasteiger partial charge in [0, 0.05) is 18.8 Å². The standard InChI is InChI=1S/C17H22N8O/c26-17(19-11-16-22-21-15-6-2-4-9-25(15)16)14-12-24(23-20-14)10-7-13-5-1-3-8-18-13/h2,4,6,9,12-13,18H,1,3,5,7-8,10-11H2,(H,19,26)/t13-/m1/s1. The first-order valence-corrected chi connectivity index (χ1v) is 9.00. The number of aromatic nitrogens is 6. The molecule has 1 aliphatic heterocycles. The van der Waals surface area contributed by atoms with Gasteiger partial charge in [0.25, 0.3) is 5.91 Å². The Hall–Kier alpha value is -2.81. The maximum atomic E-state index is 12.3. The third kappa shape index (κ3) is 3.72. The third-order valence-electron chi connectivity index (χ3n) is 4.68. The number of aryl methyl sites for hydroxylation is 1. The molecule has 136 valence electrons. The van der Waals surface area contributed by atoms with Gasteiger partial charge in [-0.2, -0.15) is 0 Å². The van der Waals surface area contributed by atoms with Gasteiger partial charge in [-0.1, -0.05) is 17.7 Å². The highest BCUT2D eigenvalue weighted by Crippen LogP contribution is 2.11. The van der Waals surface area contributed by atoms with E-state index >= 15 is 0 Å². The molecular formula is C17H22N8O. The second-order valence-corrected chi connectivity index (χ2v) is 6.53. The highest BCUT2D eigenvalue weighted by molar-refractivity contribution is 5.91. The van der Waals surface area contributed by atoms with E-state index in [1.54, 1.807) is 10.9 Å². The molecule has 0 aliphatic carbocycles. The summed E-state index contributed by atoms with van der Waals surface area (Å²) >= 11 is 0. The molecule has 1 fully saturated rings. The summed E-state index contributed by atoms with van der Waals surface area (Å²) in [7, 11) is 0. The van der Waals surface area contributed by atoms with Gasteiger partial charge in [0.2, 0.25) is 0 Å². The van der Waals surface area contributed by atoms with Crippen molar-refractivity contribution in [2.45, 2.75) is 44.8 Å². The Morgan fingerprint density at radius 2 is 2.23 bits per heavy atom. The molecule has 4 rings (SSSR count). The molecule has 3 aromatic heterocycles. The lowest BCUT2D eigenvalue weighted by atomic mass is 10.0. The van der Waals surface area contributed by atoms with E-state index in [2.05, 4.69) is 31.1 Å². The molecule has 0 aromatic carbocycles. The van der Waals surface area contributed by atoms with E-state index in [1.165, 1.54) is 19.3 Å². The first-order chi connectivity index (χ1) is 12.8. The number of pyridine rings is 1. The summed E-state index contributed by atoms with van der Waals surface area (Å²) in [6, 6.07) is 6.19. The number of hydrogen-bond acceptors (Lipinski definition) is 6. The topological polar surface area (TPSA) is 102 Å². The first-order valence-electron chi connectivity index (χ1n) is 9.00. The van der Waals surface area contributed by atoms with Crippen LogP contribution in [-0.4, -0.2) is 48.1 Å². The van der Waals surface area contributed by atoms with Crippen LogP contribution in [0.2, 0.25) is 0 Å². The number of hydrogen-bond donors (Lipinski definition) is 2. The van der Waals surface area contributed by atoms with Crippen molar-refractivity contribution in [1.82, 2.24) is 40.2 Å². The predicted molar refractivity (Wildman–Crippen MR) is 94.4 cm³/mol. The van der Waals surface area contributed by atoms with Crippen molar-refractivity contribution < 1.29 is 4.79 Å². The third-order valence-corrected chi connectivity index (χ3v) is 4.68. The van der Waals surface area contributed by atoms with E-state index in [-0.39, 0.29) is 12.5 Å². The SMILES string of the molecule is O=C(NCc1nnc2ccccn12)c1cn(CC[C@H]2CCCCN2)nn1. The minimum Gasteiger partial charge on any atom is -0.343 e. The molecule has 1 aliphatic rings. The molecule has 1 amide bonds. The highest BCUT2D eigenvalue weighted by Gasteiger charge is 2.15.